The molecule has 0 saturated carbocycles. The second kappa shape index (κ2) is 8.30. The number of nitrogens with zero attached hydrogens (tertiary/aromatic N) is 4. The number of nitro groups is 1. The zero-order chi connectivity index (χ0) is 20.3. The number of aromatic hydroxyl groups is 1. The first-order valence-electron chi connectivity index (χ1n) is 8.63. The number of hydrogen-bond donors (Lipinski definition) is 1. The monoisotopic (exact) mass is 444 g/mol. The van der Waals surface area contributed by atoms with Gasteiger partial charge in [0.05, 0.1) is 27.6 Å². The van der Waals surface area contributed by atoms with Crippen LogP contribution in [0.15, 0.2) is 50.8 Å². The maximum Gasteiger partial charge on any atom is 0.282 e. The van der Waals surface area contributed by atoms with Crippen LogP contribution in [0.3, 0.4) is 0 Å². The summed E-state index contributed by atoms with van der Waals surface area (Å²) >= 11 is 3.34. The molecule has 1 N–H and O–H groups in total. The highest BCUT2D eigenvalue weighted by atomic mass is 79.9. The molecule has 0 atom stereocenters. The van der Waals surface area contributed by atoms with Gasteiger partial charge in [0.2, 0.25) is 0 Å². The normalized spacial score (nSPS) is 11.4. The van der Waals surface area contributed by atoms with Crippen molar-refractivity contribution in [3.8, 4) is 5.75 Å². The van der Waals surface area contributed by atoms with Crippen LogP contribution in [-0.4, -0.2) is 25.9 Å². The van der Waals surface area contributed by atoms with Crippen LogP contribution in [0.1, 0.15) is 31.2 Å². The van der Waals surface area contributed by atoms with Crippen molar-refractivity contribution in [2.24, 2.45) is 5.10 Å². The van der Waals surface area contributed by atoms with Gasteiger partial charge in [0, 0.05) is 17.0 Å². The van der Waals surface area contributed by atoms with E-state index in [0.29, 0.717) is 23.1 Å². The summed E-state index contributed by atoms with van der Waals surface area (Å²) < 4.78 is 1.90. The van der Waals surface area contributed by atoms with E-state index in [1.54, 1.807) is 12.1 Å². The maximum atomic E-state index is 13.0. The molecule has 3 aromatic rings. The molecule has 1 aromatic heterocycles. The van der Waals surface area contributed by atoms with Crippen molar-refractivity contribution in [1.29, 1.82) is 0 Å². The average molecular weight is 445 g/mol. The largest absolute Gasteiger partial charge is 0.508 e. The Balaban J connectivity index is 2.17. The Labute approximate surface area is 168 Å². The van der Waals surface area contributed by atoms with Gasteiger partial charge in [0.25, 0.3) is 11.2 Å². The molecule has 0 spiro atoms. The number of nitro benzene ring substituents is 1. The molecule has 9 heteroatoms. The number of phenols is 1. The Bertz CT molecular complexity index is 1140. The predicted molar refractivity (Wildman–Crippen MR) is 110 cm³/mol. The van der Waals surface area contributed by atoms with E-state index >= 15 is 0 Å². The summed E-state index contributed by atoms with van der Waals surface area (Å²) in [6.45, 7) is 2.03. The Kier molecular flexibility index (Phi) is 5.84. The lowest BCUT2D eigenvalue weighted by molar-refractivity contribution is -0.385. The maximum absolute atomic E-state index is 13.0. The standard InChI is InChI=1S/C19H17BrN4O4/c1-2-3-4-18-22-16-7-5-13(20)10-15(16)19(26)23(18)21-11-12-9-14(25)6-8-17(12)24(27)28/h5-11,25H,2-4H2,1H3. The quantitative estimate of drug-likeness (QED) is 0.350. The molecule has 0 saturated heterocycles. The minimum atomic E-state index is -0.572. The Morgan fingerprint density at radius 1 is 1.32 bits per heavy atom. The topological polar surface area (TPSA) is 111 Å². The Hall–Kier alpha value is -3.07. The first kappa shape index (κ1) is 19.7. The highest BCUT2D eigenvalue weighted by Gasteiger charge is 2.14. The minimum Gasteiger partial charge on any atom is -0.508 e. The molecule has 2 aromatic carbocycles. The van der Waals surface area contributed by atoms with Gasteiger partial charge in [-0.3, -0.25) is 14.9 Å². The van der Waals surface area contributed by atoms with Crippen molar-refractivity contribution in [1.82, 2.24) is 9.66 Å². The third kappa shape index (κ3) is 4.09. The fourth-order valence-electron chi connectivity index (χ4n) is 2.74. The lowest BCUT2D eigenvalue weighted by Crippen LogP contribution is -2.22. The van der Waals surface area contributed by atoms with Crippen LogP contribution in [0.5, 0.6) is 5.75 Å². The van der Waals surface area contributed by atoms with Crippen LogP contribution in [0, 0.1) is 10.1 Å². The van der Waals surface area contributed by atoms with Gasteiger partial charge < -0.3 is 5.11 Å². The summed E-state index contributed by atoms with van der Waals surface area (Å²) in [7, 11) is 0. The van der Waals surface area contributed by atoms with Crippen LogP contribution in [0.2, 0.25) is 0 Å². The zero-order valence-corrected chi connectivity index (χ0v) is 16.6. The van der Waals surface area contributed by atoms with Gasteiger partial charge >= 0.3 is 0 Å². The van der Waals surface area contributed by atoms with Crippen molar-refractivity contribution in [2.75, 3.05) is 0 Å². The lowest BCUT2D eigenvalue weighted by Gasteiger charge is -2.09. The SMILES string of the molecule is CCCCc1nc2ccc(Br)cc2c(=O)n1N=Cc1cc(O)ccc1[N+](=O)[O-]. The van der Waals surface area contributed by atoms with Crippen molar-refractivity contribution < 1.29 is 10.0 Å². The summed E-state index contributed by atoms with van der Waals surface area (Å²) in [5.74, 6) is 0.340. The molecule has 3 rings (SSSR count). The van der Waals surface area contributed by atoms with Crippen LogP contribution >= 0.6 is 15.9 Å². The molecule has 0 aliphatic heterocycles. The van der Waals surface area contributed by atoms with E-state index in [0.717, 1.165) is 22.0 Å². The van der Waals surface area contributed by atoms with E-state index < -0.39 is 4.92 Å². The molecule has 0 radical (unpaired) electrons. The molecule has 0 bridgehead atoms. The van der Waals surface area contributed by atoms with Crippen LogP contribution < -0.4 is 5.56 Å². The van der Waals surface area contributed by atoms with Crippen molar-refractivity contribution in [3.05, 3.63) is 72.7 Å². The molecule has 8 nitrogen and oxygen atoms in total. The molecule has 144 valence electrons. The van der Waals surface area contributed by atoms with E-state index in [-0.39, 0.29) is 22.6 Å². The molecule has 0 unspecified atom stereocenters. The molecule has 0 aliphatic carbocycles. The van der Waals surface area contributed by atoms with Crippen molar-refractivity contribution in [3.63, 3.8) is 0 Å². The van der Waals surface area contributed by atoms with Gasteiger partial charge in [0.15, 0.2) is 0 Å². The number of phenolic OH excluding ortho intramolecular Hbond substituents is 1. The highest BCUT2D eigenvalue weighted by Crippen LogP contribution is 2.22. The summed E-state index contributed by atoms with van der Waals surface area (Å²) in [5, 5.41) is 25.4. The van der Waals surface area contributed by atoms with E-state index in [9.17, 15) is 20.0 Å². The molecule has 0 amide bonds. The van der Waals surface area contributed by atoms with Gasteiger partial charge in [-0.15, -0.1) is 0 Å². The van der Waals surface area contributed by atoms with Gasteiger partial charge in [-0.2, -0.15) is 9.78 Å². The summed E-state index contributed by atoms with van der Waals surface area (Å²) in [6.07, 6.45) is 3.46. The first-order chi connectivity index (χ1) is 13.4. The van der Waals surface area contributed by atoms with Crippen LogP contribution in [0.25, 0.3) is 10.9 Å². The number of unbranched alkanes of at least 4 members (excludes halogenated alkanes) is 1. The minimum absolute atomic E-state index is 0.0904. The molecule has 1 heterocycles. The van der Waals surface area contributed by atoms with Crippen LogP contribution in [0.4, 0.5) is 5.69 Å². The number of fused-ring (bicyclic) bond motifs is 1. The fraction of sp³-hybridized carbons (Fsp3) is 0.211. The molecular weight excluding hydrogens is 428 g/mol. The van der Waals surface area contributed by atoms with Crippen LogP contribution in [-0.2, 0) is 6.42 Å². The summed E-state index contributed by atoms with van der Waals surface area (Å²) in [6, 6.07) is 8.86. The summed E-state index contributed by atoms with van der Waals surface area (Å²) in [5.41, 5.74) is 0.0689. The van der Waals surface area contributed by atoms with Gasteiger partial charge in [-0.1, -0.05) is 29.3 Å². The number of benzene rings is 2. The average Bonchev–Trinajstić information content (AvgIpc) is 2.66. The molecule has 0 fully saturated rings. The van der Waals surface area contributed by atoms with Crippen molar-refractivity contribution in [2.45, 2.75) is 26.2 Å². The highest BCUT2D eigenvalue weighted by molar-refractivity contribution is 9.10. The van der Waals surface area contributed by atoms with Gasteiger partial charge in [0.1, 0.15) is 11.6 Å². The lowest BCUT2D eigenvalue weighted by atomic mass is 10.2. The Morgan fingerprint density at radius 2 is 2.11 bits per heavy atom. The Morgan fingerprint density at radius 3 is 2.82 bits per heavy atom. The second-order valence-corrected chi connectivity index (χ2v) is 7.07. The third-order valence-electron chi connectivity index (χ3n) is 4.15. The van der Waals surface area contributed by atoms with E-state index in [1.807, 2.05) is 13.0 Å². The van der Waals surface area contributed by atoms with Gasteiger partial charge in [-0.05, 0) is 36.8 Å². The van der Waals surface area contributed by atoms with E-state index in [1.165, 1.54) is 24.4 Å². The first-order valence-corrected chi connectivity index (χ1v) is 9.43. The zero-order valence-electron chi connectivity index (χ0n) is 15.0. The number of halogens is 1. The number of aromatic nitrogens is 2. The van der Waals surface area contributed by atoms with Crippen molar-refractivity contribution >= 4 is 38.7 Å². The fourth-order valence-corrected chi connectivity index (χ4v) is 3.10. The van der Waals surface area contributed by atoms with E-state index in [2.05, 4.69) is 26.0 Å². The van der Waals surface area contributed by atoms with Gasteiger partial charge in [-0.25, -0.2) is 4.98 Å². The smallest absolute Gasteiger partial charge is 0.282 e. The number of hydrogen-bond acceptors (Lipinski definition) is 6. The predicted octanol–water partition coefficient (Wildman–Crippen LogP) is 4.00. The summed E-state index contributed by atoms with van der Waals surface area (Å²) in [4.78, 5) is 28.2. The third-order valence-corrected chi connectivity index (χ3v) is 4.64. The molecule has 28 heavy (non-hydrogen) atoms. The second-order valence-electron chi connectivity index (χ2n) is 6.15. The molecule has 0 aliphatic rings. The molecular formula is C19H17BrN4O4. The number of aryl methyl sites for hydroxylation is 1. The van der Waals surface area contributed by atoms with E-state index in [4.69, 9.17) is 0 Å². The number of rotatable bonds is 6.